The fourth-order valence-corrected chi connectivity index (χ4v) is 1.75. The van der Waals surface area contributed by atoms with Crippen molar-refractivity contribution in [2.24, 2.45) is 16.8 Å². The van der Waals surface area contributed by atoms with Gasteiger partial charge in [0.05, 0.1) is 16.6 Å². The number of hydrogen-bond donors (Lipinski definition) is 3. The van der Waals surface area contributed by atoms with Crippen molar-refractivity contribution in [2.45, 2.75) is 19.8 Å². The minimum absolute atomic E-state index is 0.151. The number of carbonyl (C=O) groups excluding carboxylic acids is 1. The van der Waals surface area contributed by atoms with Gasteiger partial charge in [0.1, 0.15) is 5.82 Å². The van der Waals surface area contributed by atoms with Crippen LogP contribution in [0.25, 0.3) is 0 Å². The van der Waals surface area contributed by atoms with Gasteiger partial charge in [0.2, 0.25) is 5.91 Å². The average molecular weight is 288 g/mol. The number of benzene rings is 1. The van der Waals surface area contributed by atoms with Gasteiger partial charge < -0.3 is 16.3 Å². The summed E-state index contributed by atoms with van der Waals surface area (Å²) in [6.07, 6.45) is 1.08. The first kappa shape index (κ1) is 15.2. The van der Waals surface area contributed by atoms with Crippen molar-refractivity contribution in [1.29, 1.82) is 0 Å². The molecule has 5 nitrogen and oxygen atoms in total. The van der Waals surface area contributed by atoms with Crippen LogP contribution in [0.5, 0.6) is 0 Å². The summed E-state index contributed by atoms with van der Waals surface area (Å²) in [5.74, 6) is -1.98. The molecule has 1 aromatic rings. The number of halogens is 2. The first-order valence-electron chi connectivity index (χ1n) is 5.73. The highest BCUT2D eigenvalue weighted by Gasteiger charge is 2.23. The summed E-state index contributed by atoms with van der Waals surface area (Å²) in [5, 5.41) is 14.2. The lowest BCUT2D eigenvalue weighted by Crippen LogP contribution is -2.34. The van der Waals surface area contributed by atoms with Crippen LogP contribution in [-0.2, 0) is 4.79 Å². The molecule has 0 aliphatic heterocycles. The van der Waals surface area contributed by atoms with E-state index in [1.165, 1.54) is 12.1 Å². The van der Waals surface area contributed by atoms with Crippen LogP contribution in [0, 0.1) is 11.7 Å². The van der Waals surface area contributed by atoms with E-state index < -0.39 is 17.6 Å². The predicted molar refractivity (Wildman–Crippen MR) is 71.8 cm³/mol. The summed E-state index contributed by atoms with van der Waals surface area (Å²) in [6.45, 7) is 1.86. The smallest absolute Gasteiger partial charge is 0.235 e. The van der Waals surface area contributed by atoms with E-state index in [4.69, 9.17) is 22.5 Å². The molecular formula is C12H15ClFN3O2. The zero-order valence-corrected chi connectivity index (χ0v) is 11.1. The summed E-state index contributed by atoms with van der Waals surface area (Å²) >= 11 is 5.84. The highest BCUT2D eigenvalue weighted by atomic mass is 35.5. The topological polar surface area (TPSA) is 87.7 Å². The van der Waals surface area contributed by atoms with E-state index in [0.717, 1.165) is 6.07 Å². The quantitative estimate of drug-likeness (QED) is 0.337. The van der Waals surface area contributed by atoms with Crippen LogP contribution in [0.2, 0.25) is 5.02 Å². The van der Waals surface area contributed by atoms with E-state index in [2.05, 4.69) is 10.5 Å². The molecule has 1 amide bonds. The first-order valence-corrected chi connectivity index (χ1v) is 6.10. The Morgan fingerprint density at radius 2 is 2.32 bits per heavy atom. The first-order chi connectivity index (χ1) is 8.99. The molecule has 104 valence electrons. The molecule has 0 radical (unpaired) electrons. The van der Waals surface area contributed by atoms with E-state index >= 15 is 0 Å². The summed E-state index contributed by atoms with van der Waals surface area (Å²) in [5.41, 5.74) is 5.61. The van der Waals surface area contributed by atoms with Gasteiger partial charge >= 0.3 is 0 Å². The number of rotatable bonds is 5. The van der Waals surface area contributed by atoms with Gasteiger partial charge in [-0.3, -0.25) is 4.79 Å². The van der Waals surface area contributed by atoms with Crippen LogP contribution in [0.3, 0.4) is 0 Å². The molecule has 0 bridgehead atoms. The second kappa shape index (κ2) is 6.94. The maximum absolute atomic E-state index is 13.1. The molecule has 0 aliphatic rings. The maximum Gasteiger partial charge on any atom is 0.235 e. The van der Waals surface area contributed by atoms with Crippen LogP contribution < -0.4 is 11.1 Å². The number of amides is 1. The third-order valence-corrected chi connectivity index (χ3v) is 2.88. The van der Waals surface area contributed by atoms with Crippen molar-refractivity contribution in [3.8, 4) is 0 Å². The third kappa shape index (κ3) is 4.10. The normalized spacial score (nSPS) is 13.1. The lowest BCUT2D eigenvalue weighted by molar-refractivity contribution is -0.118. The lowest BCUT2D eigenvalue weighted by Gasteiger charge is -2.15. The molecule has 1 aromatic carbocycles. The van der Waals surface area contributed by atoms with E-state index in [-0.39, 0.29) is 16.5 Å². The van der Waals surface area contributed by atoms with Gasteiger partial charge in [0.25, 0.3) is 0 Å². The number of amidine groups is 1. The van der Waals surface area contributed by atoms with Crippen molar-refractivity contribution in [2.75, 3.05) is 5.32 Å². The average Bonchev–Trinajstić information content (AvgIpc) is 2.39. The van der Waals surface area contributed by atoms with E-state index in [0.29, 0.717) is 12.8 Å². The Morgan fingerprint density at radius 3 is 2.89 bits per heavy atom. The summed E-state index contributed by atoms with van der Waals surface area (Å²) in [7, 11) is 0. The molecule has 0 heterocycles. The van der Waals surface area contributed by atoms with Crippen LogP contribution in [0.4, 0.5) is 10.1 Å². The van der Waals surface area contributed by atoms with Gasteiger partial charge in [-0.15, -0.1) is 0 Å². The van der Waals surface area contributed by atoms with Gasteiger partial charge in [-0.2, -0.15) is 0 Å². The molecule has 1 atom stereocenters. The second-order valence-electron chi connectivity index (χ2n) is 3.98. The molecule has 1 rings (SSSR count). The van der Waals surface area contributed by atoms with E-state index in [1.807, 2.05) is 6.92 Å². The van der Waals surface area contributed by atoms with Gasteiger partial charge in [0.15, 0.2) is 5.84 Å². The molecule has 0 spiro atoms. The lowest BCUT2D eigenvalue weighted by atomic mass is 10.0. The largest absolute Gasteiger partial charge is 0.409 e. The van der Waals surface area contributed by atoms with E-state index in [1.54, 1.807) is 0 Å². The molecule has 4 N–H and O–H groups in total. The number of hydrogen-bond acceptors (Lipinski definition) is 3. The van der Waals surface area contributed by atoms with Gasteiger partial charge in [0, 0.05) is 0 Å². The molecule has 0 saturated carbocycles. The second-order valence-corrected chi connectivity index (χ2v) is 4.39. The monoisotopic (exact) mass is 287 g/mol. The number of carbonyl (C=O) groups is 1. The third-order valence-electron chi connectivity index (χ3n) is 2.55. The zero-order chi connectivity index (χ0) is 14.4. The van der Waals surface area contributed by atoms with Crippen LogP contribution in [0.15, 0.2) is 23.4 Å². The van der Waals surface area contributed by atoms with Crippen molar-refractivity contribution in [1.82, 2.24) is 0 Å². The Labute approximate surface area is 115 Å². The van der Waals surface area contributed by atoms with Gasteiger partial charge in [-0.25, -0.2) is 4.39 Å². The Morgan fingerprint density at radius 1 is 1.63 bits per heavy atom. The zero-order valence-electron chi connectivity index (χ0n) is 10.4. The highest BCUT2D eigenvalue weighted by molar-refractivity contribution is 6.33. The molecule has 19 heavy (non-hydrogen) atoms. The predicted octanol–water partition coefficient (Wildman–Crippen LogP) is 2.58. The van der Waals surface area contributed by atoms with Crippen molar-refractivity contribution in [3.63, 3.8) is 0 Å². The molecule has 0 aliphatic carbocycles. The molecule has 0 aromatic heterocycles. The van der Waals surface area contributed by atoms with Crippen LogP contribution in [-0.4, -0.2) is 17.0 Å². The molecule has 0 saturated heterocycles. The summed E-state index contributed by atoms with van der Waals surface area (Å²) in [4.78, 5) is 12.0. The SMILES string of the molecule is CCCC(C(=O)Nc1cc(F)ccc1Cl)/C(N)=N/O. The Hall–Kier alpha value is -1.82. The van der Waals surface area contributed by atoms with Crippen molar-refractivity contribution < 1.29 is 14.4 Å². The fraction of sp³-hybridized carbons (Fsp3) is 0.333. The summed E-state index contributed by atoms with van der Waals surface area (Å²) in [6, 6.07) is 3.63. The Bertz CT molecular complexity index is 494. The Kier molecular flexibility index (Phi) is 5.57. The fourth-order valence-electron chi connectivity index (χ4n) is 1.58. The number of nitrogens with one attached hydrogen (secondary N) is 1. The minimum Gasteiger partial charge on any atom is -0.409 e. The highest BCUT2D eigenvalue weighted by Crippen LogP contribution is 2.23. The summed E-state index contributed by atoms with van der Waals surface area (Å²) < 4.78 is 13.1. The molecule has 1 unspecified atom stereocenters. The number of nitrogens with zero attached hydrogens (tertiary/aromatic N) is 1. The van der Waals surface area contributed by atoms with Gasteiger partial charge in [-0.1, -0.05) is 30.1 Å². The number of anilines is 1. The molecular weight excluding hydrogens is 273 g/mol. The van der Waals surface area contributed by atoms with Crippen LogP contribution in [0.1, 0.15) is 19.8 Å². The standard InChI is InChI=1S/C12H15ClFN3O2/c1-2-3-8(11(15)17-19)12(18)16-10-6-7(14)4-5-9(10)13/h4-6,8,19H,2-3H2,1H3,(H2,15,17)(H,16,18). The Balaban J connectivity index is 2.90. The number of nitrogens with two attached hydrogens (primary N) is 1. The number of oxime groups is 1. The van der Waals surface area contributed by atoms with Crippen LogP contribution >= 0.6 is 11.6 Å². The van der Waals surface area contributed by atoms with Crippen molar-refractivity contribution in [3.05, 3.63) is 29.0 Å². The maximum atomic E-state index is 13.1. The molecule has 7 heteroatoms. The van der Waals surface area contributed by atoms with Crippen molar-refractivity contribution >= 4 is 29.0 Å². The van der Waals surface area contributed by atoms with E-state index in [9.17, 15) is 9.18 Å². The molecule has 0 fully saturated rings. The minimum atomic E-state index is -0.783. The van der Waals surface area contributed by atoms with Gasteiger partial charge in [-0.05, 0) is 24.6 Å².